The van der Waals surface area contributed by atoms with Crippen LogP contribution in [0.5, 0.6) is 0 Å². The van der Waals surface area contributed by atoms with Gasteiger partial charge in [0, 0.05) is 9.84 Å². The monoisotopic (exact) mass is 456 g/mol. The van der Waals surface area contributed by atoms with Gasteiger partial charge in [0.05, 0.1) is 6.61 Å². The smallest absolute Gasteiger partial charge is 0.429 e. The minimum atomic E-state index is -1.95. The molecule has 0 spiro atoms. The molecule has 0 saturated carbocycles. The van der Waals surface area contributed by atoms with Crippen molar-refractivity contribution in [2.75, 3.05) is 6.61 Å². The van der Waals surface area contributed by atoms with E-state index in [-0.39, 0.29) is 22.1 Å². The summed E-state index contributed by atoms with van der Waals surface area (Å²) >= 11 is 2.31. The van der Waals surface area contributed by atoms with E-state index in [4.69, 9.17) is 13.9 Å². The third-order valence-electron chi connectivity index (χ3n) is 5.24. The summed E-state index contributed by atoms with van der Waals surface area (Å²) in [5.41, 5.74) is 1.56. The first-order valence-corrected chi connectivity index (χ1v) is 12.1. The van der Waals surface area contributed by atoms with Gasteiger partial charge in [-0.1, -0.05) is 71.1 Å². The van der Waals surface area contributed by atoms with E-state index in [1.807, 2.05) is 0 Å². The molecule has 0 radical (unpaired) electrons. The Morgan fingerprint density at radius 1 is 1.04 bits per heavy atom. The Morgan fingerprint density at radius 2 is 1.52 bits per heavy atom. The molecule has 4 atom stereocenters. The van der Waals surface area contributed by atoms with E-state index >= 15 is 0 Å². The zero-order valence-electron chi connectivity index (χ0n) is 15.8. The lowest BCUT2D eigenvalue weighted by Gasteiger charge is -2.44. The number of alkyl halides is 1. The van der Waals surface area contributed by atoms with Gasteiger partial charge in [-0.05, 0) is 23.5 Å². The fourth-order valence-electron chi connectivity index (χ4n) is 4.11. The molecular formula is C17H33IO4Si. The number of carbonyl (C=O) groups is 1. The Morgan fingerprint density at radius 3 is 1.91 bits per heavy atom. The molecule has 0 aromatic rings. The molecule has 0 aromatic carbocycles. The van der Waals surface area contributed by atoms with Gasteiger partial charge in [-0.15, -0.1) is 0 Å². The number of carbonyl (C=O) groups excluding carboxylic acids is 1. The summed E-state index contributed by atoms with van der Waals surface area (Å²) in [6.45, 7) is 18.2. The van der Waals surface area contributed by atoms with E-state index < -0.39 is 14.5 Å². The molecule has 1 aliphatic heterocycles. The lowest BCUT2D eigenvalue weighted by molar-refractivity contribution is -0.104. The molecular weight excluding hydrogens is 423 g/mol. The van der Waals surface area contributed by atoms with E-state index in [0.29, 0.717) is 23.2 Å². The van der Waals surface area contributed by atoms with Crippen molar-refractivity contribution in [1.29, 1.82) is 0 Å². The summed E-state index contributed by atoms with van der Waals surface area (Å²) in [5.74, 6) is 0.137. The molecule has 0 unspecified atom stereocenters. The van der Waals surface area contributed by atoms with Crippen molar-refractivity contribution in [2.45, 2.75) is 88.1 Å². The lowest BCUT2D eigenvalue weighted by Crippen LogP contribution is -2.53. The fraction of sp³-hybridized carbons (Fsp3) is 0.941. The van der Waals surface area contributed by atoms with Crippen LogP contribution < -0.4 is 0 Å². The highest BCUT2D eigenvalue weighted by molar-refractivity contribution is 14.1. The van der Waals surface area contributed by atoms with Gasteiger partial charge in [-0.3, -0.25) is 0 Å². The molecule has 23 heavy (non-hydrogen) atoms. The summed E-state index contributed by atoms with van der Waals surface area (Å²) < 4.78 is 17.7. The Labute approximate surface area is 156 Å². The molecule has 1 fully saturated rings. The first kappa shape index (κ1) is 21.2. The maximum Gasteiger partial charge on any atom is 0.508 e. The molecule has 0 amide bonds. The van der Waals surface area contributed by atoms with Crippen molar-refractivity contribution >= 4 is 37.1 Å². The molecule has 1 heterocycles. The largest absolute Gasteiger partial charge is 0.508 e. The number of cyclic esters (lactones) is 2. The van der Waals surface area contributed by atoms with Gasteiger partial charge in [0.15, 0.2) is 0 Å². The van der Waals surface area contributed by atoms with Gasteiger partial charge in [0.25, 0.3) is 0 Å². The van der Waals surface area contributed by atoms with Crippen LogP contribution in [-0.2, 0) is 13.9 Å². The molecule has 6 heteroatoms. The normalized spacial score (nSPS) is 27.3. The Balaban J connectivity index is 2.90. The third kappa shape index (κ3) is 4.63. The molecule has 136 valence electrons. The zero-order chi connectivity index (χ0) is 17.9. The van der Waals surface area contributed by atoms with Crippen LogP contribution in [0.1, 0.15) is 55.4 Å². The van der Waals surface area contributed by atoms with E-state index in [9.17, 15) is 4.79 Å². The highest BCUT2D eigenvalue weighted by Gasteiger charge is 2.47. The minimum absolute atomic E-state index is 0.112. The summed E-state index contributed by atoms with van der Waals surface area (Å²) in [7, 11) is -1.95. The predicted molar refractivity (Wildman–Crippen MR) is 105 cm³/mol. The van der Waals surface area contributed by atoms with Crippen molar-refractivity contribution in [3.63, 3.8) is 0 Å². The maximum atomic E-state index is 11.8. The highest BCUT2D eigenvalue weighted by Crippen LogP contribution is 2.42. The summed E-state index contributed by atoms with van der Waals surface area (Å²) in [6.07, 6.45) is -0.892. The Hall–Kier alpha value is 0.177. The summed E-state index contributed by atoms with van der Waals surface area (Å²) in [5, 5.41) is 0. The fourth-order valence-corrected chi connectivity index (χ4v) is 10.4. The molecule has 0 N–H and O–H groups in total. The molecule has 1 saturated heterocycles. The van der Waals surface area contributed by atoms with Gasteiger partial charge >= 0.3 is 6.16 Å². The van der Waals surface area contributed by atoms with E-state index in [0.717, 1.165) is 0 Å². The zero-order valence-corrected chi connectivity index (χ0v) is 18.9. The number of hydrogen-bond donors (Lipinski definition) is 0. The van der Waals surface area contributed by atoms with Crippen LogP contribution >= 0.6 is 22.6 Å². The van der Waals surface area contributed by atoms with Crippen LogP contribution in [0, 0.1) is 5.92 Å². The summed E-state index contributed by atoms with van der Waals surface area (Å²) in [4.78, 5) is 11.8. The number of hydrogen-bond acceptors (Lipinski definition) is 4. The molecule has 0 aliphatic carbocycles. The van der Waals surface area contributed by atoms with Crippen LogP contribution in [-0.4, -0.2) is 37.2 Å². The van der Waals surface area contributed by atoms with Crippen LogP contribution in [0.4, 0.5) is 4.79 Å². The minimum Gasteiger partial charge on any atom is -0.429 e. The average molecular weight is 456 g/mol. The highest BCUT2D eigenvalue weighted by atomic mass is 127. The average Bonchev–Trinajstić information content (AvgIpc) is 2.41. The summed E-state index contributed by atoms with van der Waals surface area (Å²) in [6, 6.07) is 0. The second kappa shape index (κ2) is 8.51. The van der Waals surface area contributed by atoms with Crippen molar-refractivity contribution in [3.05, 3.63) is 0 Å². The van der Waals surface area contributed by atoms with Crippen LogP contribution in [0.2, 0.25) is 16.6 Å². The predicted octanol–water partition coefficient (Wildman–Crippen LogP) is 5.54. The third-order valence-corrected chi connectivity index (χ3v) is 12.0. The second-order valence-corrected chi connectivity index (χ2v) is 15.1. The Bertz CT molecular complexity index is 376. The van der Waals surface area contributed by atoms with E-state index in [2.05, 4.69) is 78.0 Å². The quantitative estimate of drug-likeness (QED) is 0.218. The van der Waals surface area contributed by atoms with Crippen molar-refractivity contribution in [3.8, 4) is 0 Å². The first-order valence-electron chi connectivity index (χ1n) is 8.69. The van der Waals surface area contributed by atoms with E-state index in [1.54, 1.807) is 0 Å². The maximum absolute atomic E-state index is 11.8. The SMILES string of the molecule is CC(C)[Si](OC[C@@H]1OC(=O)O[C@H]([C@@H](C)I)[C@H]1C)(C(C)C)C(C)C. The van der Waals surface area contributed by atoms with Gasteiger partial charge in [0.1, 0.15) is 12.2 Å². The number of rotatable bonds is 7. The van der Waals surface area contributed by atoms with Gasteiger partial charge in [0.2, 0.25) is 8.32 Å². The molecule has 1 rings (SSSR count). The van der Waals surface area contributed by atoms with Crippen molar-refractivity contribution in [1.82, 2.24) is 0 Å². The molecule has 4 nitrogen and oxygen atoms in total. The molecule has 1 aliphatic rings. The second-order valence-electron chi connectivity index (χ2n) is 7.65. The van der Waals surface area contributed by atoms with Gasteiger partial charge in [-0.25, -0.2) is 4.79 Å². The van der Waals surface area contributed by atoms with E-state index in [1.165, 1.54) is 0 Å². The standard InChI is InChI=1S/C17H33IO4Si/c1-10(2)23(11(3)4,12(5)6)20-9-15-13(7)16(14(8)18)22-17(19)21-15/h10-16H,9H2,1-8H3/t13-,14+,15-,16-/m0/s1. The van der Waals surface area contributed by atoms with Crippen LogP contribution in [0.3, 0.4) is 0 Å². The molecule has 0 bridgehead atoms. The van der Waals surface area contributed by atoms with Gasteiger partial charge < -0.3 is 13.9 Å². The molecule has 0 aromatic heterocycles. The van der Waals surface area contributed by atoms with Crippen LogP contribution in [0.25, 0.3) is 0 Å². The van der Waals surface area contributed by atoms with Crippen molar-refractivity contribution in [2.24, 2.45) is 5.92 Å². The number of halogens is 1. The topological polar surface area (TPSA) is 44.8 Å². The van der Waals surface area contributed by atoms with Gasteiger partial charge in [-0.2, -0.15) is 0 Å². The lowest BCUT2D eigenvalue weighted by atomic mass is 9.95. The Kier molecular flexibility index (Phi) is 7.86. The van der Waals surface area contributed by atoms with Crippen molar-refractivity contribution < 1.29 is 18.7 Å². The van der Waals surface area contributed by atoms with Crippen LogP contribution in [0.15, 0.2) is 0 Å². The first-order chi connectivity index (χ1) is 10.5. The number of ether oxygens (including phenoxy) is 2.